The minimum absolute atomic E-state index is 0.184. The minimum atomic E-state index is -0.971. The molecule has 0 radical (unpaired) electrons. The molecule has 0 bridgehead atoms. The van der Waals surface area contributed by atoms with Crippen LogP contribution in [0.25, 0.3) is 0 Å². The van der Waals surface area contributed by atoms with Gasteiger partial charge in [0.2, 0.25) is 6.79 Å². The molecule has 1 heterocycles. The predicted octanol–water partition coefficient (Wildman–Crippen LogP) is 2.65. The lowest BCUT2D eigenvalue weighted by molar-refractivity contribution is -0.161. The summed E-state index contributed by atoms with van der Waals surface area (Å²) in [5.41, 5.74) is 1.92. The molecule has 0 spiro atoms. The molecule has 6 heteroatoms. The molecule has 2 rings (SSSR count). The summed E-state index contributed by atoms with van der Waals surface area (Å²) in [4.78, 5) is 24.4. The van der Waals surface area contributed by atoms with Gasteiger partial charge in [-0.3, -0.25) is 9.59 Å². The standard InChI is InChI=1S/C18H24O6/c1-4-7-12-9-15-16(24-11-23-15)10-13(12)8-14(17(19)21-5-2)18(20)22-6-3/h9-10,14H,4-8,11H2,1-3H3. The summed E-state index contributed by atoms with van der Waals surface area (Å²) in [6.07, 6.45) is 1.99. The van der Waals surface area contributed by atoms with Crippen LogP contribution >= 0.6 is 0 Å². The second-order valence-electron chi connectivity index (χ2n) is 5.48. The van der Waals surface area contributed by atoms with Crippen LogP contribution in [0.2, 0.25) is 0 Å². The Kier molecular flexibility index (Phi) is 6.46. The fourth-order valence-corrected chi connectivity index (χ4v) is 2.69. The van der Waals surface area contributed by atoms with Gasteiger partial charge in [0.05, 0.1) is 13.2 Å². The van der Waals surface area contributed by atoms with Crippen molar-refractivity contribution in [2.75, 3.05) is 20.0 Å². The number of hydrogen-bond donors (Lipinski definition) is 0. The summed E-state index contributed by atoms with van der Waals surface area (Å²) in [6.45, 7) is 6.12. The van der Waals surface area contributed by atoms with Crippen molar-refractivity contribution in [2.45, 2.75) is 40.0 Å². The van der Waals surface area contributed by atoms with Gasteiger partial charge >= 0.3 is 11.9 Å². The van der Waals surface area contributed by atoms with Gasteiger partial charge in [0.25, 0.3) is 0 Å². The third kappa shape index (κ3) is 4.19. The molecule has 0 unspecified atom stereocenters. The monoisotopic (exact) mass is 336 g/mol. The molecule has 0 amide bonds. The fraction of sp³-hybridized carbons (Fsp3) is 0.556. The Labute approximate surface area is 142 Å². The Balaban J connectivity index is 2.29. The molecule has 0 aliphatic carbocycles. The maximum atomic E-state index is 12.2. The van der Waals surface area contributed by atoms with E-state index in [4.69, 9.17) is 18.9 Å². The highest BCUT2D eigenvalue weighted by Crippen LogP contribution is 2.36. The quantitative estimate of drug-likeness (QED) is 0.537. The highest BCUT2D eigenvalue weighted by Gasteiger charge is 2.31. The Morgan fingerprint density at radius 1 is 1.00 bits per heavy atom. The number of ether oxygens (including phenoxy) is 4. The van der Waals surface area contributed by atoms with Gasteiger partial charge < -0.3 is 18.9 Å². The third-order valence-electron chi connectivity index (χ3n) is 3.78. The van der Waals surface area contributed by atoms with Gasteiger partial charge in [0.1, 0.15) is 0 Å². The molecule has 0 aromatic heterocycles. The minimum Gasteiger partial charge on any atom is -0.465 e. The van der Waals surface area contributed by atoms with Crippen molar-refractivity contribution in [2.24, 2.45) is 5.92 Å². The van der Waals surface area contributed by atoms with E-state index in [1.54, 1.807) is 13.8 Å². The van der Waals surface area contributed by atoms with Crippen LogP contribution in [0, 0.1) is 5.92 Å². The van der Waals surface area contributed by atoms with Gasteiger partial charge in [0.15, 0.2) is 17.4 Å². The smallest absolute Gasteiger partial charge is 0.320 e. The van der Waals surface area contributed by atoms with Crippen molar-refractivity contribution < 1.29 is 28.5 Å². The number of rotatable bonds is 8. The number of fused-ring (bicyclic) bond motifs is 1. The molecule has 0 saturated heterocycles. The van der Waals surface area contributed by atoms with Gasteiger partial charge in [-0.05, 0) is 49.9 Å². The lowest BCUT2D eigenvalue weighted by atomic mass is 9.93. The van der Waals surface area contributed by atoms with Crippen LogP contribution in [0.4, 0.5) is 0 Å². The molecular formula is C18H24O6. The van der Waals surface area contributed by atoms with Crippen LogP contribution < -0.4 is 9.47 Å². The molecule has 0 N–H and O–H groups in total. The fourth-order valence-electron chi connectivity index (χ4n) is 2.69. The largest absolute Gasteiger partial charge is 0.465 e. The van der Waals surface area contributed by atoms with Crippen LogP contribution in [0.15, 0.2) is 12.1 Å². The SMILES string of the molecule is CCCc1cc2c(cc1CC(C(=O)OCC)C(=O)OCC)OCO2. The van der Waals surface area contributed by atoms with E-state index < -0.39 is 17.9 Å². The van der Waals surface area contributed by atoms with Crippen molar-refractivity contribution in [3.05, 3.63) is 23.3 Å². The first kappa shape index (κ1) is 18.1. The van der Waals surface area contributed by atoms with Crippen LogP contribution in [-0.2, 0) is 31.9 Å². The topological polar surface area (TPSA) is 71.1 Å². The summed E-state index contributed by atoms with van der Waals surface area (Å²) < 4.78 is 20.9. The van der Waals surface area contributed by atoms with Crippen LogP contribution in [0.1, 0.15) is 38.3 Å². The molecule has 0 atom stereocenters. The van der Waals surface area contributed by atoms with Crippen molar-refractivity contribution in [1.82, 2.24) is 0 Å². The number of carbonyl (C=O) groups excluding carboxylic acids is 2. The van der Waals surface area contributed by atoms with Crippen LogP contribution in [-0.4, -0.2) is 31.9 Å². The van der Waals surface area contributed by atoms with Gasteiger partial charge in [-0.1, -0.05) is 13.3 Å². The first-order valence-corrected chi connectivity index (χ1v) is 8.35. The maximum Gasteiger partial charge on any atom is 0.320 e. The molecule has 132 valence electrons. The highest BCUT2D eigenvalue weighted by molar-refractivity contribution is 5.95. The zero-order valence-electron chi connectivity index (χ0n) is 14.4. The van der Waals surface area contributed by atoms with E-state index in [9.17, 15) is 9.59 Å². The summed E-state index contributed by atoms with van der Waals surface area (Å²) in [5, 5.41) is 0. The van der Waals surface area contributed by atoms with Crippen molar-refractivity contribution >= 4 is 11.9 Å². The normalized spacial score (nSPS) is 12.3. The van der Waals surface area contributed by atoms with Crippen LogP contribution in [0.5, 0.6) is 11.5 Å². The number of aryl methyl sites for hydroxylation is 1. The summed E-state index contributed by atoms with van der Waals surface area (Å²) in [7, 11) is 0. The van der Waals surface area contributed by atoms with Crippen molar-refractivity contribution in [3.63, 3.8) is 0 Å². The van der Waals surface area contributed by atoms with E-state index in [1.807, 2.05) is 12.1 Å². The van der Waals surface area contributed by atoms with Crippen molar-refractivity contribution in [3.8, 4) is 11.5 Å². The molecular weight excluding hydrogens is 312 g/mol. The molecule has 1 aromatic rings. The number of benzene rings is 1. The lowest BCUT2D eigenvalue weighted by Gasteiger charge is -2.17. The van der Waals surface area contributed by atoms with Gasteiger partial charge in [-0.15, -0.1) is 0 Å². The van der Waals surface area contributed by atoms with E-state index in [0.29, 0.717) is 11.5 Å². The summed E-state index contributed by atoms with van der Waals surface area (Å²) in [6, 6.07) is 3.77. The summed E-state index contributed by atoms with van der Waals surface area (Å²) in [5.74, 6) is -0.754. The molecule has 0 saturated carbocycles. The van der Waals surface area contributed by atoms with Crippen molar-refractivity contribution in [1.29, 1.82) is 0 Å². The number of carbonyl (C=O) groups is 2. The van der Waals surface area contributed by atoms with Gasteiger partial charge in [-0.25, -0.2) is 0 Å². The van der Waals surface area contributed by atoms with E-state index >= 15 is 0 Å². The summed E-state index contributed by atoms with van der Waals surface area (Å²) >= 11 is 0. The Hall–Kier alpha value is -2.24. The second-order valence-corrected chi connectivity index (χ2v) is 5.48. The van der Waals surface area contributed by atoms with E-state index in [1.165, 1.54) is 0 Å². The average molecular weight is 336 g/mol. The van der Waals surface area contributed by atoms with Gasteiger partial charge in [0, 0.05) is 0 Å². The zero-order chi connectivity index (χ0) is 17.5. The molecule has 24 heavy (non-hydrogen) atoms. The van der Waals surface area contributed by atoms with Crippen LogP contribution in [0.3, 0.4) is 0 Å². The zero-order valence-corrected chi connectivity index (χ0v) is 14.4. The molecule has 1 aliphatic rings. The van der Waals surface area contributed by atoms with E-state index in [0.717, 1.165) is 24.0 Å². The molecule has 6 nitrogen and oxygen atoms in total. The number of esters is 2. The first-order valence-electron chi connectivity index (χ1n) is 8.35. The van der Waals surface area contributed by atoms with E-state index in [2.05, 4.69) is 6.92 Å². The maximum absolute atomic E-state index is 12.2. The Morgan fingerprint density at radius 3 is 2.04 bits per heavy atom. The molecule has 1 aliphatic heterocycles. The lowest BCUT2D eigenvalue weighted by Crippen LogP contribution is -2.30. The Bertz CT molecular complexity index is 577. The van der Waals surface area contributed by atoms with E-state index in [-0.39, 0.29) is 26.4 Å². The Morgan fingerprint density at radius 2 is 1.54 bits per heavy atom. The van der Waals surface area contributed by atoms with Gasteiger partial charge in [-0.2, -0.15) is 0 Å². The predicted molar refractivity (Wildman–Crippen MR) is 87.0 cm³/mol. The third-order valence-corrected chi connectivity index (χ3v) is 3.78. The highest BCUT2D eigenvalue weighted by atomic mass is 16.7. The average Bonchev–Trinajstić information content (AvgIpc) is 3.00. The first-order chi connectivity index (χ1) is 11.6. The number of hydrogen-bond acceptors (Lipinski definition) is 6. The molecule has 1 aromatic carbocycles. The molecule has 0 fully saturated rings. The second kappa shape index (κ2) is 8.57.